The van der Waals surface area contributed by atoms with Crippen molar-refractivity contribution in [1.29, 1.82) is 0 Å². The summed E-state index contributed by atoms with van der Waals surface area (Å²) in [7, 11) is 0. The maximum absolute atomic E-state index is 10.0. The number of ether oxygens (including phenoxy) is 1. The molecule has 0 spiro atoms. The molecule has 1 saturated heterocycles. The van der Waals surface area contributed by atoms with Gasteiger partial charge in [0.2, 0.25) is 0 Å². The number of nitrogens with zero attached hydrogens (tertiary/aromatic N) is 2. The Balaban J connectivity index is 1.95. The van der Waals surface area contributed by atoms with Gasteiger partial charge in [-0.2, -0.15) is 0 Å². The maximum Gasteiger partial charge on any atom is 0.108 e. The molecule has 0 saturated carbocycles. The van der Waals surface area contributed by atoms with Crippen LogP contribution >= 0.6 is 0 Å². The van der Waals surface area contributed by atoms with Gasteiger partial charge in [-0.05, 0) is 6.42 Å². The Morgan fingerprint density at radius 2 is 2.60 bits per heavy atom. The van der Waals surface area contributed by atoms with Crippen LogP contribution in [-0.2, 0) is 17.7 Å². The lowest BCUT2D eigenvalue weighted by atomic mass is 10.0. The van der Waals surface area contributed by atoms with E-state index < -0.39 is 0 Å². The zero-order valence-corrected chi connectivity index (χ0v) is 9.09. The fourth-order valence-electron chi connectivity index (χ4n) is 2.03. The van der Waals surface area contributed by atoms with Crippen molar-refractivity contribution in [2.24, 2.45) is 5.92 Å². The monoisotopic (exact) mass is 210 g/mol. The zero-order chi connectivity index (χ0) is 10.7. The summed E-state index contributed by atoms with van der Waals surface area (Å²) in [5.74, 6) is 1.32. The van der Waals surface area contributed by atoms with Gasteiger partial charge in [0.05, 0.1) is 19.3 Å². The van der Waals surface area contributed by atoms with E-state index in [1.807, 2.05) is 10.8 Å². The van der Waals surface area contributed by atoms with Gasteiger partial charge in [0.25, 0.3) is 0 Å². The number of hydrogen-bond donors (Lipinski definition) is 1. The van der Waals surface area contributed by atoms with E-state index >= 15 is 0 Å². The molecule has 1 fully saturated rings. The minimum absolute atomic E-state index is 0.289. The molecule has 2 rings (SSSR count). The van der Waals surface area contributed by atoms with E-state index in [1.165, 1.54) is 0 Å². The van der Waals surface area contributed by atoms with Crippen molar-refractivity contribution in [2.45, 2.75) is 32.4 Å². The normalized spacial score (nSPS) is 23.2. The summed E-state index contributed by atoms with van der Waals surface area (Å²) in [6, 6.07) is 0. The van der Waals surface area contributed by atoms with Gasteiger partial charge in [-0.15, -0.1) is 0 Å². The minimum atomic E-state index is -0.313. The Morgan fingerprint density at radius 1 is 1.73 bits per heavy atom. The first kappa shape index (κ1) is 10.6. The van der Waals surface area contributed by atoms with Crippen LogP contribution in [-0.4, -0.2) is 34.0 Å². The molecule has 2 heterocycles. The van der Waals surface area contributed by atoms with Crippen LogP contribution in [0.5, 0.6) is 0 Å². The molecule has 1 aromatic heterocycles. The molecule has 0 amide bonds. The third-order valence-corrected chi connectivity index (χ3v) is 3.01. The molecule has 0 radical (unpaired) electrons. The number of aliphatic hydroxyl groups is 1. The topological polar surface area (TPSA) is 47.3 Å². The van der Waals surface area contributed by atoms with Crippen molar-refractivity contribution in [3.05, 3.63) is 18.2 Å². The molecule has 84 valence electrons. The minimum Gasteiger partial charge on any atom is -0.391 e. The molecule has 0 aromatic carbocycles. The van der Waals surface area contributed by atoms with Crippen LogP contribution in [0.3, 0.4) is 0 Å². The van der Waals surface area contributed by atoms with E-state index in [4.69, 9.17) is 4.74 Å². The summed E-state index contributed by atoms with van der Waals surface area (Å²) < 4.78 is 7.30. The van der Waals surface area contributed by atoms with Gasteiger partial charge >= 0.3 is 0 Å². The molecule has 1 aliphatic rings. The summed E-state index contributed by atoms with van der Waals surface area (Å²) in [5, 5.41) is 10.0. The van der Waals surface area contributed by atoms with Crippen molar-refractivity contribution in [2.75, 3.05) is 13.2 Å². The molecule has 4 heteroatoms. The van der Waals surface area contributed by atoms with Crippen molar-refractivity contribution in [3.8, 4) is 0 Å². The molecule has 15 heavy (non-hydrogen) atoms. The highest BCUT2D eigenvalue weighted by Crippen LogP contribution is 2.18. The smallest absolute Gasteiger partial charge is 0.108 e. The van der Waals surface area contributed by atoms with E-state index in [2.05, 4.69) is 11.9 Å². The number of hydrogen-bond acceptors (Lipinski definition) is 3. The molecule has 0 aliphatic carbocycles. The van der Waals surface area contributed by atoms with E-state index in [0.717, 1.165) is 25.3 Å². The average molecular weight is 210 g/mol. The van der Waals surface area contributed by atoms with Gasteiger partial charge in [0.15, 0.2) is 0 Å². The third kappa shape index (κ3) is 2.38. The fourth-order valence-corrected chi connectivity index (χ4v) is 2.03. The first-order valence-corrected chi connectivity index (χ1v) is 5.57. The lowest BCUT2D eigenvalue weighted by Crippen LogP contribution is -2.26. The maximum atomic E-state index is 10.0. The van der Waals surface area contributed by atoms with Crippen LogP contribution in [0.1, 0.15) is 19.2 Å². The van der Waals surface area contributed by atoms with Crippen LogP contribution < -0.4 is 0 Å². The first-order valence-electron chi connectivity index (χ1n) is 5.57. The molecular weight excluding hydrogens is 192 g/mol. The second-order valence-corrected chi connectivity index (χ2v) is 4.04. The van der Waals surface area contributed by atoms with Gasteiger partial charge < -0.3 is 14.4 Å². The van der Waals surface area contributed by atoms with E-state index in [-0.39, 0.29) is 12.0 Å². The average Bonchev–Trinajstić information content (AvgIpc) is 2.87. The lowest BCUT2D eigenvalue weighted by molar-refractivity contribution is 0.0771. The summed E-state index contributed by atoms with van der Waals surface area (Å²) in [4.78, 5) is 4.23. The number of rotatable bonds is 4. The number of aryl methyl sites for hydroxylation is 1. The summed E-state index contributed by atoms with van der Waals surface area (Å²) in [6.07, 6.45) is 5.28. The van der Waals surface area contributed by atoms with Gasteiger partial charge in [-0.25, -0.2) is 4.98 Å². The van der Waals surface area contributed by atoms with Gasteiger partial charge in [-0.3, -0.25) is 0 Å². The number of aromatic nitrogens is 2. The quantitative estimate of drug-likeness (QED) is 0.801. The first-order chi connectivity index (χ1) is 7.31. The highest BCUT2D eigenvalue weighted by Gasteiger charge is 2.24. The van der Waals surface area contributed by atoms with Gasteiger partial charge in [-0.1, -0.05) is 6.92 Å². The van der Waals surface area contributed by atoms with E-state index in [9.17, 15) is 5.11 Å². The van der Waals surface area contributed by atoms with Crippen LogP contribution in [0.15, 0.2) is 12.4 Å². The van der Waals surface area contributed by atoms with E-state index in [0.29, 0.717) is 13.2 Å². The van der Waals surface area contributed by atoms with Gasteiger partial charge in [0, 0.05) is 31.3 Å². The zero-order valence-electron chi connectivity index (χ0n) is 9.09. The van der Waals surface area contributed by atoms with Crippen molar-refractivity contribution < 1.29 is 9.84 Å². The predicted molar refractivity (Wildman–Crippen MR) is 56.5 cm³/mol. The summed E-state index contributed by atoms with van der Waals surface area (Å²) >= 11 is 0. The second kappa shape index (κ2) is 4.77. The van der Waals surface area contributed by atoms with Crippen LogP contribution in [0.4, 0.5) is 0 Å². The number of aliphatic hydroxyl groups excluding tert-OH is 1. The number of imidazole rings is 1. The lowest BCUT2D eigenvalue weighted by Gasteiger charge is -2.17. The van der Waals surface area contributed by atoms with Crippen molar-refractivity contribution in [3.63, 3.8) is 0 Å². The largest absolute Gasteiger partial charge is 0.391 e. The Morgan fingerprint density at radius 3 is 3.27 bits per heavy atom. The Kier molecular flexibility index (Phi) is 3.38. The highest BCUT2D eigenvalue weighted by molar-refractivity contribution is 4.92. The summed E-state index contributed by atoms with van der Waals surface area (Å²) in [6.45, 7) is 4.19. The van der Waals surface area contributed by atoms with Crippen LogP contribution in [0, 0.1) is 5.92 Å². The van der Waals surface area contributed by atoms with E-state index in [1.54, 1.807) is 6.20 Å². The van der Waals surface area contributed by atoms with Crippen LogP contribution in [0.2, 0.25) is 0 Å². The van der Waals surface area contributed by atoms with Crippen molar-refractivity contribution >= 4 is 0 Å². The highest BCUT2D eigenvalue weighted by atomic mass is 16.5. The Bertz CT molecular complexity index is 305. The molecular formula is C11H18N2O2. The molecule has 1 N–H and O–H groups in total. The second-order valence-electron chi connectivity index (χ2n) is 4.04. The molecule has 0 bridgehead atoms. The fraction of sp³-hybridized carbons (Fsp3) is 0.727. The Hall–Kier alpha value is -0.870. The molecule has 1 aliphatic heterocycles. The molecule has 1 aromatic rings. The molecule has 2 unspecified atom stereocenters. The molecule has 2 atom stereocenters. The molecule has 4 nitrogen and oxygen atoms in total. The van der Waals surface area contributed by atoms with Crippen LogP contribution in [0.25, 0.3) is 0 Å². The van der Waals surface area contributed by atoms with Gasteiger partial charge in [0.1, 0.15) is 5.82 Å². The summed E-state index contributed by atoms with van der Waals surface area (Å²) in [5.41, 5.74) is 0. The Labute approximate surface area is 89.9 Å². The standard InChI is InChI=1S/C11H18N2O2/c1-2-11-12-4-5-13(11)7-10(14)9-3-6-15-8-9/h4-5,9-10,14H,2-3,6-8H2,1H3. The third-order valence-electron chi connectivity index (χ3n) is 3.01. The SMILES string of the molecule is CCc1nccn1CC(O)C1CCOC1. The van der Waals surface area contributed by atoms with Crippen molar-refractivity contribution in [1.82, 2.24) is 9.55 Å². The predicted octanol–water partition coefficient (Wildman–Crippen LogP) is 0.843.